The Labute approximate surface area is 247 Å². The van der Waals surface area contributed by atoms with Gasteiger partial charge in [-0.15, -0.1) is 0 Å². The maximum Gasteiger partial charge on any atom is 0.0852 e. The first-order chi connectivity index (χ1) is 19.4. The Bertz CT molecular complexity index is 1550. The van der Waals surface area contributed by atoms with Crippen molar-refractivity contribution in [1.82, 2.24) is 0 Å². The average molecular weight is 591 g/mol. The Morgan fingerprint density at radius 1 is 0.700 bits per heavy atom. The summed E-state index contributed by atoms with van der Waals surface area (Å²) in [4.78, 5) is 2.45. The molecular formula is C37H36BrNO. The van der Waals surface area contributed by atoms with Crippen LogP contribution < -0.4 is 4.90 Å². The number of para-hydroxylation sites is 1. The molecule has 3 aliphatic rings. The second-order valence-electron chi connectivity index (χ2n) is 11.3. The van der Waals surface area contributed by atoms with E-state index in [2.05, 4.69) is 139 Å². The number of rotatable bonds is 4. The molecule has 0 saturated carbocycles. The molecule has 0 heterocycles. The Kier molecular flexibility index (Phi) is 7.53. The lowest BCUT2D eigenvalue weighted by molar-refractivity contribution is 0.0695. The van der Waals surface area contributed by atoms with Crippen molar-refractivity contribution in [2.75, 3.05) is 12.0 Å². The van der Waals surface area contributed by atoms with Crippen LogP contribution in [-0.4, -0.2) is 7.11 Å². The fourth-order valence-electron chi connectivity index (χ4n) is 6.59. The molecule has 202 valence electrons. The molecule has 0 radical (unpaired) electrons. The van der Waals surface area contributed by atoms with E-state index in [1.54, 1.807) is 7.11 Å². The van der Waals surface area contributed by atoms with Gasteiger partial charge in [-0.2, -0.15) is 0 Å². The van der Waals surface area contributed by atoms with Gasteiger partial charge in [0.25, 0.3) is 0 Å². The van der Waals surface area contributed by atoms with Gasteiger partial charge in [-0.1, -0.05) is 101 Å². The molecule has 2 atom stereocenters. The number of hydrogen-bond acceptors (Lipinski definition) is 2. The SMILES string of the molecule is CC1=Cc2cccc(N(c3ccccc3)c3cccc4c3CC(C)=C4)c2C1.COC1c2cccc(Br)c2CC1C. The molecule has 40 heavy (non-hydrogen) atoms. The van der Waals surface area contributed by atoms with Crippen molar-refractivity contribution in [3.63, 3.8) is 0 Å². The van der Waals surface area contributed by atoms with E-state index in [4.69, 9.17) is 4.74 Å². The molecule has 4 aromatic carbocycles. The lowest BCUT2D eigenvalue weighted by atomic mass is 10.0. The summed E-state index contributed by atoms with van der Waals surface area (Å²) in [6.07, 6.45) is 8.11. The molecule has 0 aromatic heterocycles. The highest BCUT2D eigenvalue weighted by Crippen LogP contribution is 2.45. The van der Waals surface area contributed by atoms with Crippen LogP contribution in [0.4, 0.5) is 17.1 Å². The molecule has 0 aliphatic heterocycles. The number of fused-ring (bicyclic) bond motifs is 3. The van der Waals surface area contributed by atoms with Crippen LogP contribution in [0, 0.1) is 5.92 Å². The fraction of sp³-hybridized carbons (Fsp3) is 0.243. The Morgan fingerprint density at radius 3 is 1.85 bits per heavy atom. The summed E-state index contributed by atoms with van der Waals surface area (Å²) >= 11 is 3.58. The monoisotopic (exact) mass is 589 g/mol. The summed E-state index contributed by atoms with van der Waals surface area (Å²) in [5.41, 5.74) is 15.0. The van der Waals surface area contributed by atoms with E-state index in [9.17, 15) is 0 Å². The number of methoxy groups -OCH3 is 1. The Balaban J connectivity index is 0.000000187. The predicted molar refractivity (Wildman–Crippen MR) is 173 cm³/mol. The van der Waals surface area contributed by atoms with E-state index in [1.165, 1.54) is 66.1 Å². The van der Waals surface area contributed by atoms with E-state index in [-0.39, 0.29) is 6.10 Å². The van der Waals surface area contributed by atoms with Crippen molar-refractivity contribution < 1.29 is 4.74 Å². The number of ether oxygens (including phenoxy) is 1. The molecule has 2 nitrogen and oxygen atoms in total. The standard InChI is InChI=1S/C26H23N.C11H13BrO/c1-18-14-20-8-6-12-25(23(20)16-18)27(22-10-4-3-5-11-22)26-13-7-9-21-15-19(2)17-24(21)26;1-7-6-9-8(11(7)13-2)4-3-5-10(9)12/h3-15H,16-17H2,1-2H3;3-5,7,11H,6H2,1-2H3. The fourth-order valence-corrected chi connectivity index (χ4v) is 7.13. The second-order valence-corrected chi connectivity index (χ2v) is 12.2. The highest BCUT2D eigenvalue weighted by molar-refractivity contribution is 9.10. The minimum absolute atomic E-state index is 0.285. The van der Waals surface area contributed by atoms with E-state index in [1.807, 2.05) is 0 Å². The van der Waals surface area contributed by atoms with Crippen LogP contribution in [0.3, 0.4) is 0 Å². The molecule has 0 N–H and O–H groups in total. The summed E-state index contributed by atoms with van der Waals surface area (Å²) in [7, 11) is 1.79. The molecule has 7 rings (SSSR count). The van der Waals surface area contributed by atoms with Gasteiger partial charge < -0.3 is 9.64 Å². The van der Waals surface area contributed by atoms with E-state index in [0.717, 1.165) is 19.3 Å². The quantitative estimate of drug-likeness (QED) is 0.235. The molecule has 0 saturated heterocycles. The largest absolute Gasteiger partial charge is 0.376 e. The highest BCUT2D eigenvalue weighted by Gasteiger charge is 2.30. The normalized spacial score (nSPS) is 18.2. The van der Waals surface area contributed by atoms with Gasteiger partial charge in [-0.25, -0.2) is 0 Å². The van der Waals surface area contributed by atoms with Gasteiger partial charge in [0.1, 0.15) is 0 Å². The number of anilines is 3. The summed E-state index contributed by atoms with van der Waals surface area (Å²) in [6.45, 7) is 6.69. The number of nitrogens with zero attached hydrogens (tertiary/aromatic N) is 1. The van der Waals surface area contributed by atoms with Gasteiger partial charge in [0.2, 0.25) is 0 Å². The Morgan fingerprint density at radius 2 is 1.27 bits per heavy atom. The number of benzene rings is 4. The lowest BCUT2D eigenvalue weighted by Gasteiger charge is -2.29. The van der Waals surface area contributed by atoms with Crippen molar-refractivity contribution in [2.45, 2.75) is 46.1 Å². The molecule has 4 aromatic rings. The number of allylic oxidation sites excluding steroid dienone is 2. The van der Waals surface area contributed by atoms with Crippen LogP contribution in [0.25, 0.3) is 12.2 Å². The lowest BCUT2D eigenvalue weighted by Crippen LogP contribution is -2.14. The van der Waals surface area contributed by atoms with Crippen molar-refractivity contribution >= 4 is 45.1 Å². The molecule has 3 aliphatic carbocycles. The minimum Gasteiger partial charge on any atom is -0.376 e. The third kappa shape index (κ3) is 4.98. The van der Waals surface area contributed by atoms with Crippen molar-refractivity contribution in [3.05, 3.63) is 134 Å². The van der Waals surface area contributed by atoms with Crippen LogP contribution in [0.5, 0.6) is 0 Å². The molecule has 0 bridgehead atoms. The molecule has 0 amide bonds. The summed E-state index contributed by atoms with van der Waals surface area (Å²) in [5, 5.41) is 0. The zero-order chi connectivity index (χ0) is 27.8. The summed E-state index contributed by atoms with van der Waals surface area (Å²) in [5.74, 6) is 0.596. The highest BCUT2D eigenvalue weighted by atomic mass is 79.9. The van der Waals surface area contributed by atoms with Crippen LogP contribution >= 0.6 is 15.9 Å². The molecule has 3 heteroatoms. The third-order valence-electron chi connectivity index (χ3n) is 8.34. The van der Waals surface area contributed by atoms with E-state index < -0.39 is 0 Å². The van der Waals surface area contributed by atoms with Crippen molar-refractivity contribution in [3.8, 4) is 0 Å². The third-order valence-corrected chi connectivity index (χ3v) is 9.09. The number of halogens is 1. The van der Waals surface area contributed by atoms with Crippen molar-refractivity contribution in [1.29, 1.82) is 0 Å². The van der Waals surface area contributed by atoms with Crippen molar-refractivity contribution in [2.24, 2.45) is 5.92 Å². The maximum absolute atomic E-state index is 5.48. The van der Waals surface area contributed by atoms with Gasteiger partial charge in [0.05, 0.1) is 17.5 Å². The van der Waals surface area contributed by atoms with E-state index >= 15 is 0 Å². The summed E-state index contributed by atoms with van der Waals surface area (Å²) in [6, 6.07) is 30.5. The average Bonchev–Trinajstić information content (AvgIpc) is 3.63. The zero-order valence-electron chi connectivity index (χ0n) is 23.7. The van der Waals surface area contributed by atoms with Gasteiger partial charge in [-0.3, -0.25) is 0 Å². The topological polar surface area (TPSA) is 12.5 Å². The molecular weight excluding hydrogens is 554 g/mol. The molecule has 0 fully saturated rings. The van der Waals surface area contributed by atoms with Crippen LogP contribution in [-0.2, 0) is 24.0 Å². The van der Waals surface area contributed by atoms with Gasteiger partial charge in [-0.05, 0) is 103 Å². The maximum atomic E-state index is 5.48. The predicted octanol–water partition coefficient (Wildman–Crippen LogP) is 10.4. The van der Waals surface area contributed by atoms with Gasteiger partial charge >= 0.3 is 0 Å². The first-order valence-corrected chi connectivity index (χ1v) is 15.0. The number of hydrogen-bond donors (Lipinski definition) is 0. The molecule has 2 unspecified atom stereocenters. The first-order valence-electron chi connectivity index (χ1n) is 14.2. The smallest absolute Gasteiger partial charge is 0.0852 e. The van der Waals surface area contributed by atoms with Crippen LogP contribution in [0.15, 0.2) is 101 Å². The van der Waals surface area contributed by atoms with Crippen LogP contribution in [0.1, 0.15) is 60.3 Å². The van der Waals surface area contributed by atoms with Crippen LogP contribution in [0.2, 0.25) is 0 Å². The molecule has 0 spiro atoms. The van der Waals surface area contributed by atoms with Gasteiger partial charge in [0.15, 0.2) is 0 Å². The van der Waals surface area contributed by atoms with E-state index in [0.29, 0.717) is 5.92 Å². The first kappa shape index (κ1) is 26.8. The minimum atomic E-state index is 0.285. The Hall–Kier alpha value is -3.40. The summed E-state index contributed by atoms with van der Waals surface area (Å²) < 4.78 is 6.70. The zero-order valence-corrected chi connectivity index (χ0v) is 25.3. The van der Waals surface area contributed by atoms with Gasteiger partial charge in [0, 0.05) is 17.3 Å². The second kappa shape index (κ2) is 11.2.